The first-order valence-corrected chi connectivity index (χ1v) is 7.98. The van der Waals surface area contributed by atoms with Crippen molar-refractivity contribution in [3.8, 4) is 0 Å². The summed E-state index contributed by atoms with van der Waals surface area (Å²) in [6, 6.07) is 8.45. The fourth-order valence-corrected chi connectivity index (χ4v) is 2.90. The van der Waals surface area contributed by atoms with Crippen LogP contribution in [0, 0.1) is 0 Å². The highest BCUT2D eigenvalue weighted by Crippen LogP contribution is 2.24. The van der Waals surface area contributed by atoms with Gasteiger partial charge in [-0.25, -0.2) is 0 Å². The van der Waals surface area contributed by atoms with Crippen molar-refractivity contribution in [2.45, 2.75) is 64.0 Å². The molecule has 2 rings (SSSR count). The van der Waals surface area contributed by atoms with Crippen LogP contribution in [0.5, 0.6) is 0 Å². The maximum absolute atomic E-state index is 12.2. The summed E-state index contributed by atoms with van der Waals surface area (Å²) in [5.74, 6) is -0.123. The van der Waals surface area contributed by atoms with Gasteiger partial charge in [-0.15, -0.1) is 12.4 Å². The third-order valence-corrected chi connectivity index (χ3v) is 4.13. The largest absolute Gasteiger partial charge is 0.382 e. The topological polar surface area (TPSA) is 67.2 Å². The number of benzene rings is 1. The van der Waals surface area contributed by atoms with Crippen molar-refractivity contribution in [1.29, 1.82) is 0 Å². The Morgan fingerprint density at radius 1 is 1.32 bits per heavy atom. The third kappa shape index (κ3) is 5.18. The lowest BCUT2D eigenvalue weighted by Crippen LogP contribution is -2.48. The molecular weight excluding hydrogens is 298 g/mol. The van der Waals surface area contributed by atoms with Crippen LogP contribution in [0.3, 0.4) is 0 Å². The van der Waals surface area contributed by atoms with Gasteiger partial charge in [-0.3, -0.25) is 4.79 Å². The lowest BCUT2D eigenvalue weighted by atomic mass is 9.96. The Balaban J connectivity index is 0.00000242. The molecular formula is C17H28ClN3O. The molecule has 0 aliphatic heterocycles. The van der Waals surface area contributed by atoms with E-state index >= 15 is 0 Å². The van der Waals surface area contributed by atoms with Crippen LogP contribution in [0.2, 0.25) is 0 Å². The van der Waals surface area contributed by atoms with Crippen molar-refractivity contribution in [2.24, 2.45) is 5.73 Å². The van der Waals surface area contributed by atoms with Gasteiger partial charge in [-0.1, -0.05) is 32.3 Å². The highest BCUT2D eigenvalue weighted by molar-refractivity contribution is 5.97. The molecule has 1 aliphatic carbocycles. The van der Waals surface area contributed by atoms with Crippen LogP contribution in [-0.2, 0) is 4.79 Å². The fraction of sp³-hybridized carbons (Fsp3) is 0.588. The molecule has 1 aliphatic rings. The molecule has 1 fully saturated rings. The molecule has 0 aromatic heterocycles. The molecule has 1 aromatic carbocycles. The van der Waals surface area contributed by atoms with Gasteiger partial charge in [0, 0.05) is 17.4 Å². The van der Waals surface area contributed by atoms with E-state index in [4.69, 9.17) is 5.73 Å². The van der Waals surface area contributed by atoms with Gasteiger partial charge in [0.1, 0.15) is 0 Å². The van der Waals surface area contributed by atoms with E-state index in [1.54, 1.807) is 6.92 Å². The van der Waals surface area contributed by atoms with E-state index in [0.29, 0.717) is 12.5 Å². The highest BCUT2D eigenvalue weighted by atomic mass is 35.5. The van der Waals surface area contributed by atoms with Crippen LogP contribution in [0.4, 0.5) is 11.4 Å². The minimum Gasteiger partial charge on any atom is -0.382 e. The number of carbonyl (C=O) groups is 1. The Kier molecular flexibility index (Phi) is 7.17. The Bertz CT molecular complexity index is 485. The lowest BCUT2D eigenvalue weighted by Gasteiger charge is -2.23. The molecule has 0 saturated heterocycles. The van der Waals surface area contributed by atoms with Gasteiger partial charge in [-0.2, -0.15) is 0 Å². The number of carbonyl (C=O) groups excluding carboxylic acids is 1. The molecule has 1 saturated carbocycles. The average Bonchev–Trinajstić information content (AvgIpc) is 2.92. The van der Waals surface area contributed by atoms with Crippen LogP contribution in [0.1, 0.15) is 52.4 Å². The van der Waals surface area contributed by atoms with Gasteiger partial charge >= 0.3 is 0 Å². The van der Waals surface area contributed by atoms with Crippen molar-refractivity contribution < 1.29 is 4.79 Å². The predicted octanol–water partition coefficient (Wildman–Crippen LogP) is 3.92. The quantitative estimate of drug-likeness (QED) is 0.742. The molecule has 1 atom stereocenters. The molecule has 0 radical (unpaired) electrons. The maximum Gasteiger partial charge on any atom is 0.244 e. The smallest absolute Gasteiger partial charge is 0.244 e. The third-order valence-electron chi connectivity index (χ3n) is 4.13. The van der Waals surface area contributed by atoms with Gasteiger partial charge in [-0.05, 0) is 44.4 Å². The van der Waals surface area contributed by atoms with Crippen LogP contribution < -0.4 is 16.4 Å². The average molecular weight is 326 g/mol. The van der Waals surface area contributed by atoms with E-state index in [-0.39, 0.29) is 18.3 Å². The molecule has 0 bridgehead atoms. The first-order chi connectivity index (χ1) is 10.0. The maximum atomic E-state index is 12.2. The predicted molar refractivity (Wildman–Crippen MR) is 95.7 cm³/mol. The lowest BCUT2D eigenvalue weighted by molar-refractivity contribution is -0.120. The zero-order chi connectivity index (χ0) is 15.3. The minimum atomic E-state index is -0.816. The van der Waals surface area contributed by atoms with E-state index in [1.807, 2.05) is 31.2 Å². The highest BCUT2D eigenvalue weighted by Gasteiger charge is 2.27. The van der Waals surface area contributed by atoms with E-state index in [2.05, 4.69) is 10.6 Å². The number of halogens is 1. The molecule has 1 amide bonds. The summed E-state index contributed by atoms with van der Waals surface area (Å²) in [6.45, 7) is 3.82. The summed E-state index contributed by atoms with van der Waals surface area (Å²) in [5, 5.41) is 6.46. The van der Waals surface area contributed by atoms with E-state index < -0.39 is 5.54 Å². The standard InChI is InChI=1S/C17H27N3O.ClH/c1-3-11-17(2,18)16(21)20-15-10-6-9-14(12-15)19-13-7-4-5-8-13;/h6,9-10,12-13,19H,3-5,7-8,11,18H2,1-2H3,(H,20,21);1H. The van der Waals surface area contributed by atoms with Crippen LogP contribution in [0.15, 0.2) is 24.3 Å². The van der Waals surface area contributed by atoms with Crippen LogP contribution >= 0.6 is 12.4 Å². The summed E-state index contributed by atoms with van der Waals surface area (Å²) >= 11 is 0. The number of rotatable bonds is 6. The van der Waals surface area contributed by atoms with Crippen molar-refractivity contribution in [3.63, 3.8) is 0 Å². The Labute approximate surface area is 139 Å². The number of amides is 1. The normalized spacial score (nSPS) is 17.4. The van der Waals surface area contributed by atoms with Gasteiger partial charge in [0.05, 0.1) is 5.54 Å². The van der Waals surface area contributed by atoms with Crippen molar-refractivity contribution >= 4 is 29.7 Å². The summed E-state index contributed by atoms with van der Waals surface area (Å²) in [4.78, 5) is 12.2. The number of nitrogens with one attached hydrogen (secondary N) is 2. The number of hydrogen-bond donors (Lipinski definition) is 3. The number of nitrogens with two attached hydrogens (primary N) is 1. The van der Waals surface area contributed by atoms with Gasteiger partial charge in [0.25, 0.3) is 0 Å². The molecule has 124 valence electrons. The minimum absolute atomic E-state index is 0. The van der Waals surface area contributed by atoms with Crippen molar-refractivity contribution in [1.82, 2.24) is 0 Å². The van der Waals surface area contributed by atoms with Gasteiger partial charge in [0.15, 0.2) is 0 Å². The SMILES string of the molecule is CCCC(C)(N)C(=O)Nc1cccc(NC2CCCC2)c1.Cl. The molecule has 5 heteroatoms. The second kappa shape index (κ2) is 8.39. The zero-order valence-electron chi connectivity index (χ0n) is 13.5. The van der Waals surface area contributed by atoms with Crippen LogP contribution in [-0.4, -0.2) is 17.5 Å². The van der Waals surface area contributed by atoms with Crippen molar-refractivity contribution in [3.05, 3.63) is 24.3 Å². The first-order valence-electron chi connectivity index (χ1n) is 7.98. The molecule has 4 N–H and O–H groups in total. The van der Waals surface area contributed by atoms with E-state index in [1.165, 1.54) is 25.7 Å². The number of anilines is 2. The van der Waals surface area contributed by atoms with Gasteiger partial charge in [0.2, 0.25) is 5.91 Å². The summed E-state index contributed by atoms with van der Waals surface area (Å²) in [5.41, 5.74) is 7.11. The second-order valence-electron chi connectivity index (χ2n) is 6.33. The summed E-state index contributed by atoms with van der Waals surface area (Å²) in [6.07, 6.45) is 6.64. The monoisotopic (exact) mass is 325 g/mol. The molecule has 0 heterocycles. The second-order valence-corrected chi connectivity index (χ2v) is 6.33. The number of hydrogen-bond acceptors (Lipinski definition) is 3. The van der Waals surface area contributed by atoms with E-state index in [9.17, 15) is 4.79 Å². The Morgan fingerprint density at radius 3 is 2.59 bits per heavy atom. The zero-order valence-corrected chi connectivity index (χ0v) is 14.3. The van der Waals surface area contributed by atoms with Crippen molar-refractivity contribution in [2.75, 3.05) is 10.6 Å². The van der Waals surface area contributed by atoms with Crippen LogP contribution in [0.25, 0.3) is 0 Å². The molecule has 1 unspecified atom stereocenters. The first kappa shape index (κ1) is 18.8. The molecule has 4 nitrogen and oxygen atoms in total. The summed E-state index contributed by atoms with van der Waals surface area (Å²) < 4.78 is 0. The van der Waals surface area contributed by atoms with Gasteiger partial charge < -0.3 is 16.4 Å². The summed E-state index contributed by atoms with van der Waals surface area (Å²) in [7, 11) is 0. The molecule has 1 aromatic rings. The van der Waals surface area contributed by atoms with E-state index in [0.717, 1.165) is 17.8 Å². The fourth-order valence-electron chi connectivity index (χ4n) is 2.90. The molecule has 22 heavy (non-hydrogen) atoms. The Morgan fingerprint density at radius 2 is 1.95 bits per heavy atom. The molecule has 0 spiro atoms. The Hall–Kier alpha value is -1.26.